The van der Waals surface area contributed by atoms with Gasteiger partial charge in [0.15, 0.2) is 0 Å². The molecule has 1 aliphatic carbocycles. The molecule has 0 saturated heterocycles. The third kappa shape index (κ3) is 4.80. The summed E-state index contributed by atoms with van der Waals surface area (Å²) in [7, 11) is -3.41. The van der Waals surface area contributed by atoms with Gasteiger partial charge in [-0.05, 0) is 56.7 Å². The molecule has 25 heavy (non-hydrogen) atoms. The van der Waals surface area contributed by atoms with Crippen molar-refractivity contribution in [3.8, 4) is 5.88 Å². The number of hydrogen-bond donors (Lipinski definition) is 1. The van der Waals surface area contributed by atoms with E-state index in [4.69, 9.17) is 4.74 Å². The number of nitrogens with one attached hydrogen (secondary N) is 1. The first-order valence-electron chi connectivity index (χ1n) is 8.66. The monoisotopic (exact) mass is 380 g/mol. The van der Waals surface area contributed by atoms with Crippen molar-refractivity contribution in [3.63, 3.8) is 0 Å². The second-order valence-electron chi connectivity index (χ2n) is 6.46. The van der Waals surface area contributed by atoms with Crippen LogP contribution in [0.3, 0.4) is 0 Å². The first-order valence-corrected chi connectivity index (χ1v) is 11.0. The fourth-order valence-corrected chi connectivity index (χ4v) is 5.58. The summed E-state index contributed by atoms with van der Waals surface area (Å²) in [6.07, 6.45) is 5.96. The lowest BCUT2D eigenvalue weighted by atomic mass is 9.94. The Morgan fingerprint density at radius 2 is 1.96 bits per heavy atom. The Hall–Kier alpha value is -1.44. The van der Waals surface area contributed by atoms with Crippen LogP contribution < -0.4 is 9.46 Å². The molecule has 0 amide bonds. The van der Waals surface area contributed by atoms with Crippen LogP contribution in [-0.4, -0.2) is 25.5 Å². The fourth-order valence-electron chi connectivity index (χ4n) is 2.96. The van der Waals surface area contributed by atoms with Crippen molar-refractivity contribution in [1.29, 1.82) is 0 Å². The van der Waals surface area contributed by atoms with Crippen LogP contribution >= 0.6 is 11.3 Å². The normalized spacial score (nSPS) is 21.2. The predicted octanol–water partition coefficient (Wildman–Crippen LogP) is 3.68. The zero-order valence-electron chi connectivity index (χ0n) is 14.6. The third-order valence-electron chi connectivity index (χ3n) is 4.42. The molecule has 7 heteroatoms. The summed E-state index contributed by atoms with van der Waals surface area (Å²) in [6.45, 7) is 4.02. The largest absolute Gasteiger partial charge is 0.474 e. The van der Waals surface area contributed by atoms with Gasteiger partial charge in [0.2, 0.25) is 15.9 Å². The highest BCUT2D eigenvalue weighted by molar-refractivity contribution is 7.91. The van der Waals surface area contributed by atoms with E-state index in [0.29, 0.717) is 10.1 Å². The molecule has 0 unspecified atom stereocenters. The van der Waals surface area contributed by atoms with Crippen molar-refractivity contribution in [1.82, 2.24) is 9.71 Å². The molecule has 136 valence electrons. The number of aromatic nitrogens is 1. The number of nitrogens with zero attached hydrogens (tertiary/aromatic N) is 1. The zero-order valence-corrected chi connectivity index (χ0v) is 16.2. The van der Waals surface area contributed by atoms with E-state index in [1.807, 2.05) is 32.0 Å². The molecule has 5 nitrogen and oxygen atoms in total. The second-order valence-corrected chi connectivity index (χ2v) is 9.57. The van der Waals surface area contributed by atoms with E-state index in [2.05, 4.69) is 9.71 Å². The van der Waals surface area contributed by atoms with E-state index >= 15 is 0 Å². The average molecular weight is 381 g/mol. The molecule has 1 fully saturated rings. The number of aryl methyl sites for hydroxylation is 2. The molecule has 0 spiro atoms. The molecule has 0 bridgehead atoms. The maximum absolute atomic E-state index is 12.5. The first kappa shape index (κ1) is 18.4. The van der Waals surface area contributed by atoms with E-state index < -0.39 is 10.0 Å². The Balaban J connectivity index is 1.52. The predicted molar refractivity (Wildman–Crippen MR) is 99.7 cm³/mol. The minimum Gasteiger partial charge on any atom is -0.474 e. The first-order chi connectivity index (χ1) is 12.0. The SMILES string of the molecule is CCc1ccc(S(=O)(=O)NC2CCC(Oc3ccc(C)cn3)CC2)s1. The highest BCUT2D eigenvalue weighted by atomic mass is 32.2. The van der Waals surface area contributed by atoms with Gasteiger partial charge in [-0.2, -0.15) is 0 Å². The van der Waals surface area contributed by atoms with E-state index in [-0.39, 0.29) is 12.1 Å². The Morgan fingerprint density at radius 3 is 2.56 bits per heavy atom. The molecule has 0 aromatic carbocycles. The van der Waals surface area contributed by atoms with Crippen LogP contribution in [0.2, 0.25) is 0 Å². The summed E-state index contributed by atoms with van der Waals surface area (Å²) in [6, 6.07) is 7.42. The van der Waals surface area contributed by atoms with Gasteiger partial charge in [0.1, 0.15) is 10.3 Å². The van der Waals surface area contributed by atoms with Crippen LogP contribution in [0.5, 0.6) is 5.88 Å². The van der Waals surface area contributed by atoms with Gasteiger partial charge in [-0.15, -0.1) is 11.3 Å². The number of ether oxygens (including phenoxy) is 1. The maximum atomic E-state index is 12.5. The molecule has 2 heterocycles. The lowest BCUT2D eigenvalue weighted by molar-refractivity contribution is 0.138. The van der Waals surface area contributed by atoms with Gasteiger partial charge in [0, 0.05) is 23.2 Å². The average Bonchev–Trinajstić information content (AvgIpc) is 3.09. The number of pyridine rings is 1. The highest BCUT2D eigenvalue weighted by Gasteiger charge is 2.27. The van der Waals surface area contributed by atoms with Crippen LogP contribution in [0.25, 0.3) is 0 Å². The van der Waals surface area contributed by atoms with Gasteiger partial charge in [-0.25, -0.2) is 18.1 Å². The molecule has 0 aliphatic heterocycles. The summed E-state index contributed by atoms with van der Waals surface area (Å²) >= 11 is 1.35. The molecule has 1 N–H and O–H groups in total. The van der Waals surface area contributed by atoms with Crippen LogP contribution in [0, 0.1) is 6.92 Å². The highest BCUT2D eigenvalue weighted by Crippen LogP contribution is 2.26. The maximum Gasteiger partial charge on any atom is 0.250 e. The van der Waals surface area contributed by atoms with Crippen LogP contribution in [0.4, 0.5) is 0 Å². The van der Waals surface area contributed by atoms with E-state index in [1.165, 1.54) is 11.3 Å². The minimum atomic E-state index is -3.41. The Labute approximate surface area is 153 Å². The summed E-state index contributed by atoms with van der Waals surface area (Å²) in [5, 5.41) is 0. The minimum absolute atomic E-state index is 0.0250. The molecule has 0 atom stereocenters. The van der Waals surface area contributed by atoms with Crippen LogP contribution in [-0.2, 0) is 16.4 Å². The van der Waals surface area contributed by atoms with Gasteiger partial charge in [-0.3, -0.25) is 0 Å². The zero-order chi connectivity index (χ0) is 17.9. The smallest absolute Gasteiger partial charge is 0.250 e. The topological polar surface area (TPSA) is 68.3 Å². The quantitative estimate of drug-likeness (QED) is 0.830. The molecule has 0 radical (unpaired) electrons. The third-order valence-corrected chi connectivity index (χ3v) is 7.66. The van der Waals surface area contributed by atoms with Crippen LogP contribution in [0.1, 0.15) is 43.0 Å². The number of sulfonamides is 1. The van der Waals surface area contributed by atoms with Crippen molar-refractivity contribution in [2.45, 2.75) is 62.3 Å². The Morgan fingerprint density at radius 1 is 1.20 bits per heavy atom. The lowest BCUT2D eigenvalue weighted by Crippen LogP contribution is -2.39. The standard InChI is InChI=1S/C18H24N2O3S2/c1-3-16-9-11-18(24-16)25(21,22)20-14-5-7-15(8-6-14)23-17-10-4-13(2)12-19-17/h4,9-12,14-15,20H,3,5-8H2,1-2H3. The van der Waals surface area contributed by atoms with Gasteiger partial charge < -0.3 is 4.74 Å². The van der Waals surface area contributed by atoms with Crippen molar-refractivity contribution < 1.29 is 13.2 Å². The van der Waals surface area contributed by atoms with E-state index in [9.17, 15) is 8.42 Å². The fraction of sp³-hybridized carbons (Fsp3) is 0.500. The van der Waals surface area contributed by atoms with Crippen molar-refractivity contribution in [2.24, 2.45) is 0 Å². The van der Waals surface area contributed by atoms with E-state index in [0.717, 1.165) is 42.5 Å². The van der Waals surface area contributed by atoms with Gasteiger partial charge in [-0.1, -0.05) is 13.0 Å². The Bertz CT molecular complexity index is 792. The van der Waals surface area contributed by atoms with Crippen molar-refractivity contribution >= 4 is 21.4 Å². The molecule has 1 aliphatic rings. The molecular weight excluding hydrogens is 356 g/mol. The number of thiophene rings is 1. The van der Waals surface area contributed by atoms with Gasteiger partial charge >= 0.3 is 0 Å². The van der Waals surface area contributed by atoms with Crippen molar-refractivity contribution in [2.75, 3.05) is 0 Å². The molecular formula is C18H24N2O3S2. The Kier molecular flexibility index (Phi) is 5.76. The van der Waals surface area contributed by atoms with Crippen molar-refractivity contribution in [3.05, 3.63) is 40.9 Å². The lowest BCUT2D eigenvalue weighted by Gasteiger charge is -2.28. The number of hydrogen-bond acceptors (Lipinski definition) is 5. The second kappa shape index (κ2) is 7.85. The van der Waals surface area contributed by atoms with Gasteiger partial charge in [0.25, 0.3) is 0 Å². The summed E-state index contributed by atoms with van der Waals surface area (Å²) in [5.41, 5.74) is 1.10. The number of rotatable bonds is 6. The molecule has 3 rings (SSSR count). The summed E-state index contributed by atoms with van der Waals surface area (Å²) in [5.74, 6) is 0.639. The van der Waals surface area contributed by atoms with Gasteiger partial charge in [0.05, 0.1) is 0 Å². The molecule has 2 aromatic rings. The summed E-state index contributed by atoms with van der Waals surface area (Å²) in [4.78, 5) is 5.35. The molecule has 1 saturated carbocycles. The van der Waals surface area contributed by atoms with Crippen LogP contribution in [0.15, 0.2) is 34.7 Å². The van der Waals surface area contributed by atoms with E-state index in [1.54, 1.807) is 12.3 Å². The molecule has 2 aromatic heterocycles. The summed E-state index contributed by atoms with van der Waals surface area (Å²) < 4.78 is 34.2.